The molecule has 0 aliphatic heterocycles. The molecule has 0 unspecified atom stereocenters. The molecule has 0 saturated carbocycles. The average Bonchev–Trinajstić information content (AvgIpc) is 3.78. The first kappa shape index (κ1) is 50.7. The van der Waals surface area contributed by atoms with Crippen LogP contribution in [0.3, 0.4) is 0 Å². The Kier molecular flexibility index (Phi) is 12.8. The molecule has 0 radical (unpaired) electrons. The van der Waals surface area contributed by atoms with E-state index in [1.54, 1.807) is 72.8 Å². The number of alkyl halides is 12. The number of amides is 2. The third-order valence-electron chi connectivity index (χ3n) is 11.4. The van der Waals surface area contributed by atoms with Gasteiger partial charge < -0.3 is 15.1 Å². The lowest BCUT2D eigenvalue weighted by Crippen LogP contribution is -2.30. The standard InChI is InChI=1S/C52H28F12N6O5/c53-49(54,55)29-19-30(50(56,57)58)22-35(21-29)65-47(73)39-16-26-5-1-3-7-37(26)43(45(39)71)69-67-33-11-9-25(10-12-33)42-18-28-15-34(13-14-41(28)75-42)68-70-44-38-8-4-2-6-27(38)17-40(46(44)72)48(74)66-36-23-31(51(59,60)61)20-32(24-36)52(62,63)64/h1-24,67-68H,(H,65,73)(H,66,74)/b69-43+,70-44+. The Balaban J connectivity index is 0.902. The number of halogens is 12. The van der Waals surface area contributed by atoms with Gasteiger partial charge in [0.25, 0.3) is 11.8 Å². The number of hydrogen-bond donors (Lipinski definition) is 4. The number of nitrogens with zero attached hydrogens (tertiary/aromatic N) is 2. The summed E-state index contributed by atoms with van der Waals surface area (Å²) in [5, 5.41) is 13.0. The van der Waals surface area contributed by atoms with Crippen LogP contribution < -0.4 is 21.5 Å². The van der Waals surface area contributed by atoms with E-state index in [1.807, 2.05) is 10.6 Å². The van der Waals surface area contributed by atoms with Crippen molar-refractivity contribution in [1.82, 2.24) is 0 Å². The first-order chi connectivity index (χ1) is 35.3. The zero-order valence-corrected chi connectivity index (χ0v) is 37.3. The van der Waals surface area contributed by atoms with Crippen molar-refractivity contribution in [2.45, 2.75) is 24.7 Å². The number of anilines is 4. The molecule has 0 fully saturated rings. The van der Waals surface area contributed by atoms with Gasteiger partial charge in [-0.05, 0) is 108 Å². The first-order valence-electron chi connectivity index (χ1n) is 21.5. The van der Waals surface area contributed by atoms with Crippen LogP contribution in [0.2, 0.25) is 0 Å². The minimum absolute atomic E-state index is 0.106. The molecule has 1 aromatic heterocycles. The van der Waals surface area contributed by atoms with Crippen molar-refractivity contribution in [3.63, 3.8) is 0 Å². The van der Waals surface area contributed by atoms with E-state index in [-0.39, 0.29) is 34.7 Å². The third-order valence-corrected chi connectivity index (χ3v) is 11.4. The van der Waals surface area contributed by atoms with Gasteiger partial charge in [-0.3, -0.25) is 30.0 Å². The fourth-order valence-corrected chi connectivity index (χ4v) is 7.83. The summed E-state index contributed by atoms with van der Waals surface area (Å²) in [5.41, 5.74) is -2.12. The number of ketones is 2. The molecule has 1 heterocycles. The van der Waals surface area contributed by atoms with Crippen LogP contribution >= 0.6 is 0 Å². The smallest absolute Gasteiger partial charge is 0.416 e. The molecule has 0 atom stereocenters. The summed E-state index contributed by atoms with van der Waals surface area (Å²) in [6.45, 7) is 0. The highest BCUT2D eigenvalue weighted by Crippen LogP contribution is 2.40. The quantitative estimate of drug-likeness (QED) is 0.0637. The van der Waals surface area contributed by atoms with Gasteiger partial charge in [0.1, 0.15) is 22.8 Å². The molecule has 0 bridgehead atoms. The second-order valence-corrected chi connectivity index (χ2v) is 16.5. The predicted octanol–water partition coefficient (Wildman–Crippen LogP) is 13.0. The van der Waals surface area contributed by atoms with Crippen molar-refractivity contribution in [2.24, 2.45) is 10.2 Å². The molecule has 7 aromatic rings. The zero-order chi connectivity index (χ0) is 53.8. The molecule has 11 nitrogen and oxygen atoms in total. The summed E-state index contributed by atoms with van der Waals surface area (Å²) in [4.78, 5) is 54.2. The lowest BCUT2D eigenvalue weighted by molar-refractivity contribution is -0.144. The second-order valence-electron chi connectivity index (χ2n) is 16.5. The summed E-state index contributed by atoms with van der Waals surface area (Å²) in [7, 11) is 0. The van der Waals surface area contributed by atoms with Crippen molar-refractivity contribution in [3.05, 3.63) is 189 Å². The van der Waals surface area contributed by atoms with E-state index in [0.29, 0.717) is 69.1 Å². The molecule has 9 rings (SSSR count). The topological polar surface area (TPSA) is 154 Å². The average molecular weight is 1040 g/mol. The van der Waals surface area contributed by atoms with Gasteiger partial charge >= 0.3 is 24.7 Å². The third kappa shape index (κ3) is 10.8. The van der Waals surface area contributed by atoms with Crippen LogP contribution in [0.15, 0.2) is 159 Å². The maximum atomic E-state index is 13.8. The number of hydrogen-bond acceptors (Lipinski definition) is 9. The molecular formula is C52H28F12N6O5. The van der Waals surface area contributed by atoms with Crippen LogP contribution in [-0.2, 0) is 43.9 Å². The lowest BCUT2D eigenvalue weighted by atomic mass is 9.89. The van der Waals surface area contributed by atoms with E-state index in [9.17, 15) is 71.9 Å². The molecule has 2 amide bonds. The summed E-state index contributed by atoms with van der Waals surface area (Å²) < 4.78 is 168. The Morgan fingerprint density at radius 2 is 0.840 bits per heavy atom. The number of benzene rings is 6. The number of fused-ring (bicyclic) bond motifs is 3. The van der Waals surface area contributed by atoms with Crippen molar-refractivity contribution < 1.29 is 76.3 Å². The van der Waals surface area contributed by atoms with E-state index in [0.717, 1.165) is 12.2 Å². The van der Waals surface area contributed by atoms with E-state index in [4.69, 9.17) is 4.42 Å². The molecule has 2 aliphatic rings. The fraction of sp³-hybridized carbons (Fsp3) is 0.0769. The van der Waals surface area contributed by atoms with Crippen molar-refractivity contribution in [1.29, 1.82) is 0 Å². The van der Waals surface area contributed by atoms with Crippen molar-refractivity contribution >= 4 is 80.7 Å². The van der Waals surface area contributed by atoms with Gasteiger partial charge in [0, 0.05) is 33.5 Å². The number of hydrazone groups is 2. The van der Waals surface area contributed by atoms with Crippen molar-refractivity contribution in [3.8, 4) is 11.3 Å². The second kappa shape index (κ2) is 19.0. The Labute approximate surface area is 412 Å². The van der Waals surface area contributed by atoms with E-state index >= 15 is 0 Å². The molecule has 2 aliphatic carbocycles. The van der Waals surface area contributed by atoms with Gasteiger partial charge in [0.2, 0.25) is 11.6 Å². The molecule has 380 valence electrons. The molecule has 23 heteroatoms. The summed E-state index contributed by atoms with van der Waals surface area (Å²) in [5.74, 6) is -4.21. The van der Waals surface area contributed by atoms with E-state index in [2.05, 4.69) is 21.1 Å². The molecule has 6 aromatic carbocycles. The highest BCUT2D eigenvalue weighted by Gasteiger charge is 2.40. The number of carbonyl (C=O) groups excluding carboxylic acids is 4. The van der Waals surface area contributed by atoms with Gasteiger partial charge in [0.15, 0.2) is 0 Å². The fourth-order valence-electron chi connectivity index (χ4n) is 7.83. The molecule has 75 heavy (non-hydrogen) atoms. The lowest BCUT2D eigenvalue weighted by Gasteiger charge is -2.18. The van der Waals surface area contributed by atoms with E-state index < -0.39 is 92.9 Å². The van der Waals surface area contributed by atoms with Crippen LogP contribution in [0.4, 0.5) is 75.4 Å². The van der Waals surface area contributed by atoms with Crippen molar-refractivity contribution in [2.75, 3.05) is 21.5 Å². The molecular weight excluding hydrogens is 1020 g/mol. The van der Waals surface area contributed by atoms with Crippen LogP contribution in [0.1, 0.15) is 44.5 Å². The summed E-state index contributed by atoms with van der Waals surface area (Å²) in [6.07, 6.45) is -18.5. The predicted molar refractivity (Wildman–Crippen MR) is 251 cm³/mol. The Morgan fingerprint density at radius 3 is 1.27 bits per heavy atom. The Morgan fingerprint density at radius 1 is 0.440 bits per heavy atom. The Bertz CT molecular complexity index is 3580. The minimum atomic E-state index is -5.20. The van der Waals surface area contributed by atoms with Gasteiger partial charge in [-0.25, -0.2) is 0 Å². The number of Topliss-reactive ketones (excluding diaryl/α,β-unsaturated/α-hetero) is 2. The summed E-state index contributed by atoms with van der Waals surface area (Å²) >= 11 is 0. The number of rotatable bonds is 9. The number of nitrogens with one attached hydrogen (secondary N) is 4. The highest BCUT2D eigenvalue weighted by molar-refractivity contribution is 6.60. The number of carbonyl (C=O) groups is 4. The SMILES string of the molecule is O=C(Nc1cc(C(F)(F)F)cc(C(F)(F)F)c1)C1=Cc2ccccc2/C(=N\Nc2ccc(-c3cc4cc(N/N=C5/C(=O)C(C(=O)Nc6cc(C(F)(F)F)cc(C(F)(F)F)c6)=Cc6ccccc65)ccc4o3)cc2)C1=O. The van der Waals surface area contributed by atoms with Crippen LogP contribution in [-0.4, -0.2) is 34.8 Å². The van der Waals surface area contributed by atoms with Gasteiger partial charge in [-0.1, -0.05) is 48.5 Å². The molecule has 4 N–H and O–H groups in total. The monoisotopic (exact) mass is 1040 g/mol. The number of furan rings is 1. The highest BCUT2D eigenvalue weighted by atomic mass is 19.4. The molecule has 0 saturated heterocycles. The first-order valence-corrected chi connectivity index (χ1v) is 21.5. The van der Waals surface area contributed by atoms with Gasteiger partial charge in [-0.2, -0.15) is 62.9 Å². The van der Waals surface area contributed by atoms with E-state index in [1.165, 1.54) is 24.3 Å². The van der Waals surface area contributed by atoms with Crippen LogP contribution in [0.5, 0.6) is 0 Å². The maximum Gasteiger partial charge on any atom is 0.416 e. The molecule has 0 spiro atoms. The normalized spacial score (nSPS) is 15.0. The van der Waals surface area contributed by atoms with Crippen LogP contribution in [0.25, 0.3) is 34.4 Å². The van der Waals surface area contributed by atoms with Crippen LogP contribution in [0, 0.1) is 0 Å². The minimum Gasteiger partial charge on any atom is -0.456 e. The zero-order valence-electron chi connectivity index (χ0n) is 37.3. The Hall–Kier alpha value is -9.28. The van der Waals surface area contributed by atoms with Gasteiger partial charge in [0.05, 0.1) is 44.8 Å². The summed E-state index contributed by atoms with van der Waals surface area (Å²) in [6, 6.07) is 26.1. The largest absolute Gasteiger partial charge is 0.456 e. The maximum absolute atomic E-state index is 13.8. The van der Waals surface area contributed by atoms with Gasteiger partial charge in [-0.15, -0.1) is 0 Å².